The maximum atomic E-state index is 11.7. The molecule has 0 saturated carbocycles. The lowest BCUT2D eigenvalue weighted by atomic mass is 10.1. The van der Waals surface area contributed by atoms with E-state index in [1.165, 1.54) is 0 Å². The largest absolute Gasteiger partial charge is 0.462 e. The Morgan fingerprint density at radius 3 is 2.68 bits per heavy atom. The summed E-state index contributed by atoms with van der Waals surface area (Å²) >= 11 is 0. The Kier molecular flexibility index (Phi) is 6.60. The van der Waals surface area contributed by atoms with Crippen molar-refractivity contribution in [2.45, 2.75) is 26.2 Å². The van der Waals surface area contributed by atoms with Crippen molar-refractivity contribution in [1.82, 2.24) is 0 Å². The highest BCUT2D eigenvalue weighted by Crippen LogP contribution is 2.16. The first-order chi connectivity index (χ1) is 9.19. The number of para-hydroxylation sites is 1. The third kappa shape index (κ3) is 5.09. The highest BCUT2D eigenvalue weighted by atomic mass is 16.5. The fourth-order valence-corrected chi connectivity index (χ4v) is 1.62. The molecule has 1 aromatic carbocycles. The molecule has 104 valence electrons. The van der Waals surface area contributed by atoms with Crippen LogP contribution in [0.3, 0.4) is 0 Å². The number of carbonyl (C=O) groups is 2. The quantitative estimate of drug-likeness (QED) is 0.582. The number of anilines is 1. The summed E-state index contributed by atoms with van der Waals surface area (Å²) in [6.45, 7) is 2.62. The molecule has 0 radical (unpaired) electrons. The van der Waals surface area contributed by atoms with Crippen LogP contribution in [-0.4, -0.2) is 25.0 Å². The van der Waals surface area contributed by atoms with Gasteiger partial charge in [-0.25, -0.2) is 4.79 Å². The molecule has 5 nitrogen and oxygen atoms in total. The minimum Gasteiger partial charge on any atom is -0.462 e. The van der Waals surface area contributed by atoms with Crippen LogP contribution >= 0.6 is 0 Å². The van der Waals surface area contributed by atoms with Gasteiger partial charge in [-0.3, -0.25) is 4.79 Å². The second-order valence-electron chi connectivity index (χ2n) is 4.06. The zero-order valence-corrected chi connectivity index (χ0v) is 11.1. The fraction of sp³-hybridized carbons (Fsp3) is 0.429. The van der Waals surface area contributed by atoms with Crippen LogP contribution in [-0.2, 0) is 9.53 Å². The molecule has 0 spiro atoms. The van der Waals surface area contributed by atoms with Gasteiger partial charge in [0.15, 0.2) is 0 Å². The average molecular weight is 264 g/mol. The summed E-state index contributed by atoms with van der Waals surface area (Å²) in [6.07, 6.45) is 1.95. The van der Waals surface area contributed by atoms with Gasteiger partial charge < -0.3 is 15.8 Å². The Morgan fingerprint density at radius 1 is 1.26 bits per heavy atom. The molecule has 0 aliphatic rings. The van der Waals surface area contributed by atoms with Gasteiger partial charge in [-0.15, -0.1) is 0 Å². The van der Waals surface area contributed by atoms with Gasteiger partial charge in [-0.2, -0.15) is 0 Å². The first-order valence-electron chi connectivity index (χ1n) is 6.45. The van der Waals surface area contributed by atoms with Crippen LogP contribution in [0.25, 0.3) is 0 Å². The van der Waals surface area contributed by atoms with Crippen LogP contribution in [0.5, 0.6) is 0 Å². The lowest BCUT2D eigenvalue weighted by molar-refractivity contribution is -0.116. The van der Waals surface area contributed by atoms with Crippen LogP contribution in [0.4, 0.5) is 5.69 Å². The average Bonchev–Trinajstić information content (AvgIpc) is 2.40. The van der Waals surface area contributed by atoms with E-state index in [-0.39, 0.29) is 5.91 Å². The van der Waals surface area contributed by atoms with Crippen LogP contribution in [0.2, 0.25) is 0 Å². The highest BCUT2D eigenvalue weighted by molar-refractivity contribution is 6.01. The Balaban J connectivity index is 2.67. The van der Waals surface area contributed by atoms with Crippen molar-refractivity contribution in [2.24, 2.45) is 5.73 Å². The molecule has 0 bridgehead atoms. The number of nitrogens with two attached hydrogens (primary N) is 1. The third-order valence-electron chi connectivity index (χ3n) is 2.55. The minimum atomic E-state index is -0.430. The van der Waals surface area contributed by atoms with Gasteiger partial charge in [0.25, 0.3) is 0 Å². The normalized spacial score (nSPS) is 10.0. The van der Waals surface area contributed by atoms with E-state index in [9.17, 15) is 9.59 Å². The lowest BCUT2D eigenvalue weighted by Crippen LogP contribution is -2.15. The van der Waals surface area contributed by atoms with Gasteiger partial charge in [0, 0.05) is 6.42 Å². The van der Waals surface area contributed by atoms with Gasteiger partial charge >= 0.3 is 5.97 Å². The van der Waals surface area contributed by atoms with Gasteiger partial charge in [-0.05, 0) is 38.4 Å². The number of ether oxygens (including phenoxy) is 1. The number of hydrogen-bond donors (Lipinski definition) is 2. The molecule has 0 aromatic heterocycles. The molecule has 0 heterocycles. The van der Waals surface area contributed by atoms with Crippen molar-refractivity contribution in [3.63, 3.8) is 0 Å². The SMILES string of the molecule is CCOC(=O)c1ccccc1NC(=O)CCCCN. The van der Waals surface area contributed by atoms with E-state index < -0.39 is 5.97 Å². The van der Waals surface area contributed by atoms with E-state index >= 15 is 0 Å². The number of benzene rings is 1. The standard InChI is InChI=1S/C14H20N2O3/c1-2-19-14(18)11-7-3-4-8-12(11)16-13(17)9-5-6-10-15/h3-4,7-8H,2,5-6,9-10,15H2,1H3,(H,16,17). The number of esters is 1. The van der Waals surface area contributed by atoms with E-state index in [0.29, 0.717) is 30.8 Å². The first-order valence-corrected chi connectivity index (χ1v) is 6.45. The lowest BCUT2D eigenvalue weighted by Gasteiger charge is -2.10. The molecule has 0 unspecified atom stereocenters. The molecule has 1 aromatic rings. The van der Waals surface area contributed by atoms with E-state index in [1.54, 1.807) is 31.2 Å². The molecule has 19 heavy (non-hydrogen) atoms. The van der Waals surface area contributed by atoms with Gasteiger partial charge in [0.2, 0.25) is 5.91 Å². The molecule has 0 aliphatic heterocycles. The summed E-state index contributed by atoms with van der Waals surface area (Å²) in [5.74, 6) is -0.550. The second-order valence-corrected chi connectivity index (χ2v) is 4.06. The monoisotopic (exact) mass is 264 g/mol. The highest BCUT2D eigenvalue weighted by Gasteiger charge is 2.13. The van der Waals surface area contributed by atoms with Crippen LogP contribution in [0.15, 0.2) is 24.3 Å². The number of nitrogens with one attached hydrogen (secondary N) is 1. The number of hydrogen-bond acceptors (Lipinski definition) is 4. The number of unbranched alkanes of at least 4 members (excludes halogenated alkanes) is 1. The van der Waals surface area contributed by atoms with Crippen LogP contribution in [0.1, 0.15) is 36.5 Å². The van der Waals surface area contributed by atoms with Gasteiger partial charge in [0.1, 0.15) is 0 Å². The number of carbonyl (C=O) groups excluding carboxylic acids is 2. The zero-order chi connectivity index (χ0) is 14.1. The van der Waals surface area contributed by atoms with Crippen LogP contribution in [0, 0.1) is 0 Å². The Labute approximate surface area is 113 Å². The molecule has 0 atom stereocenters. The molecule has 0 fully saturated rings. The summed E-state index contributed by atoms with van der Waals surface area (Å²) < 4.78 is 4.94. The Hall–Kier alpha value is -1.88. The zero-order valence-electron chi connectivity index (χ0n) is 11.1. The second kappa shape index (κ2) is 8.26. The third-order valence-corrected chi connectivity index (χ3v) is 2.55. The smallest absolute Gasteiger partial charge is 0.340 e. The Morgan fingerprint density at radius 2 is 2.00 bits per heavy atom. The van der Waals surface area contributed by atoms with E-state index in [0.717, 1.165) is 12.8 Å². The molecule has 3 N–H and O–H groups in total. The van der Waals surface area contributed by atoms with Crippen molar-refractivity contribution >= 4 is 17.6 Å². The van der Waals surface area contributed by atoms with Crippen molar-refractivity contribution < 1.29 is 14.3 Å². The predicted molar refractivity (Wildman–Crippen MR) is 73.9 cm³/mol. The maximum absolute atomic E-state index is 11.7. The number of amides is 1. The van der Waals surface area contributed by atoms with Crippen molar-refractivity contribution in [3.8, 4) is 0 Å². The first kappa shape index (κ1) is 15.2. The molecule has 1 amide bonds. The van der Waals surface area contributed by atoms with Gasteiger partial charge in [0.05, 0.1) is 17.9 Å². The van der Waals surface area contributed by atoms with Crippen molar-refractivity contribution in [3.05, 3.63) is 29.8 Å². The van der Waals surface area contributed by atoms with E-state index in [1.807, 2.05) is 0 Å². The summed E-state index contributed by atoms with van der Waals surface area (Å²) in [5.41, 5.74) is 6.23. The topological polar surface area (TPSA) is 81.4 Å². The molecule has 0 aliphatic carbocycles. The van der Waals surface area contributed by atoms with E-state index in [4.69, 9.17) is 10.5 Å². The summed E-state index contributed by atoms with van der Waals surface area (Å²) in [5, 5.41) is 2.73. The molecule has 0 saturated heterocycles. The number of rotatable bonds is 7. The summed E-state index contributed by atoms with van der Waals surface area (Å²) in [7, 11) is 0. The Bertz CT molecular complexity index is 432. The van der Waals surface area contributed by atoms with Crippen LogP contribution < -0.4 is 11.1 Å². The minimum absolute atomic E-state index is 0.120. The maximum Gasteiger partial charge on any atom is 0.340 e. The summed E-state index contributed by atoms with van der Waals surface area (Å²) in [4.78, 5) is 23.4. The molecular formula is C14H20N2O3. The van der Waals surface area contributed by atoms with Crippen molar-refractivity contribution in [2.75, 3.05) is 18.5 Å². The fourth-order valence-electron chi connectivity index (χ4n) is 1.62. The van der Waals surface area contributed by atoms with Crippen molar-refractivity contribution in [1.29, 1.82) is 0 Å². The van der Waals surface area contributed by atoms with Gasteiger partial charge in [-0.1, -0.05) is 12.1 Å². The van der Waals surface area contributed by atoms with E-state index in [2.05, 4.69) is 5.32 Å². The molecular weight excluding hydrogens is 244 g/mol. The summed E-state index contributed by atoms with van der Waals surface area (Å²) in [6, 6.07) is 6.81. The predicted octanol–water partition coefficient (Wildman–Crippen LogP) is 1.93. The molecule has 1 rings (SSSR count). The molecule has 5 heteroatoms.